The van der Waals surface area contributed by atoms with Gasteiger partial charge in [0.1, 0.15) is 5.82 Å². The van der Waals surface area contributed by atoms with Gasteiger partial charge in [-0.2, -0.15) is 0 Å². The third kappa shape index (κ3) is 0.743. The average molecular weight is 137 g/mol. The number of aromatic nitrogens is 2. The molecule has 2 rings (SSSR count). The van der Waals surface area contributed by atoms with E-state index in [1.54, 1.807) is 0 Å². The summed E-state index contributed by atoms with van der Waals surface area (Å²) in [5.74, 6) is 0.951. The molecule has 1 aliphatic rings. The summed E-state index contributed by atoms with van der Waals surface area (Å²) in [5.41, 5.74) is 6.94. The maximum absolute atomic E-state index is 5.91. The van der Waals surface area contributed by atoms with Crippen LogP contribution in [0.4, 0.5) is 0 Å². The van der Waals surface area contributed by atoms with Crippen LogP contribution in [0.25, 0.3) is 0 Å². The lowest BCUT2D eigenvalue weighted by atomic mass is 10.2. The van der Waals surface area contributed by atoms with Crippen molar-refractivity contribution in [2.45, 2.75) is 25.3 Å². The number of hydrogen-bond acceptors (Lipinski definition) is 2. The molecule has 0 bridgehead atoms. The Kier molecular flexibility index (Phi) is 0.951. The van der Waals surface area contributed by atoms with Gasteiger partial charge in [0.15, 0.2) is 0 Å². The largest absolute Gasteiger partial charge is 0.345 e. The van der Waals surface area contributed by atoms with E-state index in [9.17, 15) is 0 Å². The normalized spacial score (nSPS) is 21.0. The quantitative estimate of drug-likeness (QED) is 0.597. The highest BCUT2D eigenvalue weighted by molar-refractivity contribution is 5.20. The molecule has 54 valence electrons. The Labute approximate surface area is 59.7 Å². The zero-order chi connectivity index (χ0) is 7.19. The molecule has 0 spiro atoms. The Balaban J connectivity index is 2.34. The highest BCUT2D eigenvalue weighted by Crippen LogP contribution is 2.41. The molecule has 0 saturated heterocycles. The zero-order valence-corrected chi connectivity index (χ0v) is 6.02. The molecule has 0 radical (unpaired) electrons. The number of nitrogens with zero attached hydrogens (tertiary/aromatic N) is 1. The van der Waals surface area contributed by atoms with Gasteiger partial charge in [-0.3, -0.25) is 0 Å². The maximum Gasteiger partial charge on any atom is 0.103 e. The zero-order valence-electron chi connectivity index (χ0n) is 6.02. The Morgan fingerprint density at radius 2 is 2.40 bits per heavy atom. The number of imidazole rings is 1. The number of aromatic amines is 1. The molecule has 3 heteroatoms. The molecule has 0 unspecified atom stereocenters. The van der Waals surface area contributed by atoms with Crippen molar-refractivity contribution in [3.8, 4) is 0 Å². The highest BCUT2D eigenvalue weighted by Gasteiger charge is 2.41. The predicted octanol–water partition coefficient (Wildman–Crippen LogP) is 0.666. The van der Waals surface area contributed by atoms with Crippen LogP contribution < -0.4 is 5.73 Å². The lowest BCUT2D eigenvalue weighted by Gasteiger charge is -2.02. The van der Waals surface area contributed by atoms with Gasteiger partial charge in [-0.1, -0.05) is 0 Å². The first-order valence-corrected chi connectivity index (χ1v) is 3.52. The molecule has 3 N–H and O–H groups in total. The average Bonchev–Trinajstić information content (AvgIpc) is 2.45. The molecule has 1 fully saturated rings. The fraction of sp³-hybridized carbons (Fsp3) is 0.571. The molecule has 0 amide bonds. The monoisotopic (exact) mass is 137 g/mol. The van der Waals surface area contributed by atoms with E-state index in [-0.39, 0.29) is 5.54 Å². The van der Waals surface area contributed by atoms with Gasteiger partial charge >= 0.3 is 0 Å². The maximum atomic E-state index is 5.91. The van der Waals surface area contributed by atoms with Gasteiger partial charge in [0.05, 0.1) is 17.4 Å². The lowest BCUT2D eigenvalue weighted by Crippen LogP contribution is -2.18. The summed E-state index contributed by atoms with van der Waals surface area (Å²) in [6, 6.07) is 0. The first kappa shape index (κ1) is 5.92. The third-order valence-electron chi connectivity index (χ3n) is 2.03. The summed E-state index contributed by atoms with van der Waals surface area (Å²) in [4.78, 5) is 7.23. The summed E-state index contributed by atoms with van der Waals surface area (Å²) in [6.45, 7) is 1.94. The SMILES string of the molecule is Cc1ncc(C2(N)CC2)[nH]1. The summed E-state index contributed by atoms with van der Waals surface area (Å²) >= 11 is 0. The van der Waals surface area contributed by atoms with Gasteiger partial charge < -0.3 is 10.7 Å². The van der Waals surface area contributed by atoms with E-state index in [1.165, 1.54) is 0 Å². The molecular formula is C7H11N3. The van der Waals surface area contributed by atoms with Crippen LogP contribution in [0.1, 0.15) is 24.4 Å². The standard InChI is InChI=1S/C7H11N3/c1-5-9-4-6(10-5)7(8)2-3-7/h4H,2-3,8H2,1H3,(H,9,10). The van der Waals surface area contributed by atoms with Crippen molar-refractivity contribution in [3.63, 3.8) is 0 Å². The van der Waals surface area contributed by atoms with Gasteiger partial charge in [0.25, 0.3) is 0 Å². The summed E-state index contributed by atoms with van der Waals surface area (Å²) < 4.78 is 0. The molecule has 1 aromatic heterocycles. The van der Waals surface area contributed by atoms with E-state index >= 15 is 0 Å². The molecule has 1 heterocycles. The van der Waals surface area contributed by atoms with Crippen LogP contribution in [0.2, 0.25) is 0 Å². The molecule has 0 atom stereocenters. The second kappa shape index (κ2) is 1.61. The minimum atomic E-state index is -0.0543. The van der Waals surface area contributed by atoms with E-state index in [4.69, 9.17) is 5.73 Å². The van der Waals surface area contributed by atoms with Crippen molar-refractivity contribution >= 4 is 0 Å². The number of nitrogens with one attached hydrogen (secondary N) is 1. The molecule has 1 saturated carbocycles. The van der Waals surface area contributed by atoms with Crippen LogP contribution in [0.3, 0.4) is 0 Å². The van der Waals surface area contributed by atoms with Gasteiger partial charge in [0.2, 0.25) is 0 Å². The van der Waals surface area contributed by atoms with Crippen molar-refractivity contribution in [1.82, 2.24) is 9.97 Å². The number of hydrogen-bond donors (Lipinski definition) is 2. The van der Waals surface area contributed by atoms with Crippen molar-refractivity contribution < 1.29 is 0 Å². The summed E-state index contributed by atoms with van der Waals surface area (Å²) in [7, 11) is 0. The minimum Gasteiger partial charge on any atom is -0.345 e. The fourth-order valence-electron chi connectivity index (χ4n) is 1.08. The van der Waals surface area contributed by atoms with Crippen molar-refractivity contribution in [2.24, 2.45) is 5.73 Å². The Morgan fingerprint density at radius 1 is 1.70 bits per heavy atom. The second-order valence-electron chi connectivity index (χ2n) is 3.04. The third-order valence-corrected chi connectivity index (χ3v) is 2.03. The Bertz CT molecular complexity index is 247. The fourth-order valence-corrected chi connectivity index (χ4v) is 1.08. The van der Waals surface area contributed by atoms with Crippen molar-refractivity contribution in [3.05, 3.63) is 17.7 Å². The Hall–Kier alpha value is -0.830. The highest BCUT2D eigenvalue weighted by atomic mass is 15.0. The molecule has 3 nitrogen and oxygen atoms in total. The van der Waals surface area contributed by atoms with Crippen LogP contribution in [-0.4, -0.2) is 9.97 Å². The second-order valence-corrected chi connectivity index (χ2v) is 3.04. The molecule has 0 aliphatic heterocycles. The molecule has 10 heavy (non-hydrogen) atoms. The predicted molar refractivity (Wildman–Crippen MR) is 38.4 cm³/mol. The molecular weight excluding hydrogens is 126 g/mol. The minimum absolute atomic E-state index is 0.0543. The Morgan fingerprint density at radius 3 is 2.80 bits per heavy atom. The first-order chi connectivity index (χ1) is 4.71. The van der Waals surface area contributed by atoms with Crippen LogP contribution in [-0.2, 0) is 5.54 Å². The topological polar surface area (TPSA) is 54.7 Å². The van der Waals surface area contributed by atoms with E-state index in [0.29, 0.717) is 0 Å². The van der Waals surface area contributed by atoms with Crippen LogP contribution in [0.5, 0.6) is 0 Å². The van der Waals surface area contributed by atoms with Crippen molar-refractivity contribution in [2.75, 3.05) is 0 Å². The summed E-state index contributed by atoms with van der Waals surface area (Å²) in [6.07, 6.45) is 4.02. The van der Waals surface area contributed by atoms with Gasteiger partial charge in [-0.25, -0.2) is 4.98 Å². The van der Waals surface area contributed by atoms with E-state index in [1.807, 2.05) is 13.1 Å². The van der Waals surface area contributed by atoms with E-state index in [0.717, 1.165) is 24.4 Å². The number of rotatable bonds is 1. The lowest BCUT2D eigenvalue weighted by molar-refractivity contribution is 0.712. The van der Waals surface area contributed by atoms with Crippen molar-refractivity contribution in [1.29, 1.82) is 0 Å². The smallest absolute Gasteiger partial charge is 0.103 e. The summed E-state index contributed by atoms with van der Waals surface area (Å²) in [5, 5.41) is 0. The number of aryl methyl sites for hydroxylation is 1. The first-order valence-electron chi connectivity index (χ1n) is 3.52. The van der Waals surface area contributed by atoms with Gasteiger partial charge in [0, 0.05) is 0 Å². The van der Waals surface area contributed by atoms with E-state index < -0.39 is 0 Å². The van der Waals surface area contributed by atoms with Gasteiger partial charge in [-0.05, 0) is 19.8 Å². The van der Waals surface area contributed by atoms with Crippen LogP contribution >= 0.6 is 0 Å². The molecule has 1 aromatic rings. The van der Waals surface area contributed by atoms with Crippen LogP contribution in [0.15, 0.2) is 6.20 Å². The number of nitrogens with two attached hydrogens (primary N) is 1. The van der Waals surface area contributed by atoms with E-state index in [2.05, 4.69) is 9.97 Å². The molecule has 0 aromatic carbocycles. The van der Waals surface area contributed by atoms with Crippen LogP contribution in [0, 0.1) is 6.92 Å². The van der Waals surface area contributed by atoms with Gasteiger partial charge in [-0.15, -0.1) is 0 Å². The number of H-pyrrole nitrogens is 1. The molecule has 1 aliphatic carbocycles.